The summed E-state index contributed by atoms with van der Waals surface area (Å²) in [5.41, 5.74) is 9.30. The van der Waals surface area contributed by atoms with Gasteiger partial charge in [-0.1, -0.05) is 36.4 Å². The van der Waals surface area contributed by atoms with Crippen LogP contribution in [0.15, 0.2) is 60.9 Å². The van der Waals surface area contributed by atoms with Gasteiger partial charge in [-0.25, -0.2) is 9.97 Å². The van der Waals surface area contributed by atoms with E-state index in [1.807, 2.05) is 24.3 Å². The van der Waals surface area contributed by atoms with Crippen LogP contribution in [0.1, 0.15) is 18.4 Å². The molecule has 0 aliphatic carbocycles. The lowest BCUT2D eigenvalue weighted by Gasteiger charge is -2.33. The Hall–Kier alpha value is -3.28. The van der Waals surface area contributed by atoms with Crippen LogP contribution in [-0.4, -0.2) is 30.2 Å². The zero-order valence-electron chi connectivity index (χ0n) is 16.7. The van der Waals surface area contributed by atoms with Crippen LogP contribution in [0.2, 0.25) is 0 Å². The largest absolute Gasteiger partial charge is 0.497 e. The van der Waals surface area contributed by atoms with E-state index >= 15 is 0 Å². The van der Waals surface area contributed by atoms with Crippen LogP contribution in [0.3, 0.4) is 0 Å². The molecule has 4 rings (SSSR count). The Morgan fingerprint density at radius 3 is 2.62 bits per heavy atom. The van der Waals surface area contributed by atoms with Gasteiger partial charge in [0.25, 0.3) is 0 Å². The van der Waals surface area contributed by atoms with Gasteiger partial charge >= 0.3 is 0 Å². The molecule has 2 aromatic carbocycles. The predicted octanol–water partition coefficient (Wildman–Crippen LogP) is 4.27. The number of anilines is 4. The molecule has 29 heavy (non-hydrogen) atoms. The summed E-state index contributed by atoms with van der Waals surface area (Å²) >= 11 is 0. The van der Waals surface area contributed by atoms with Crippen molar-refractivity contribution in [1.82, 2.24) is 9.97 Å². The van der Waals surface area contributed by atoms with E-state index in [0.29, 0.717) is 17.4 Å². The number of methoxy groups -OCH3 is 1. The van der Waals surface area contributed by atoms with E-state index in [1.54, 1.807) is 13.4 Å². The second-order valence-electron chi connectivity index (χ2n) is 7.44. The first kappa shape index (κ1) is 19.1. The van der Waals surface area contributed by atoms with Crippen molar-refractivity contribution in [2.45, 2.75) is 19.3 Å². The predicted molar refractivity (Wildman–Crippen MR) is 118 cm³/mol. The fourth-order valence-corrected chi connectivity index (χ4v) is 3.87. The Morgan fingerprint density at radius 2 is 1.86 bits per heavy atom. The van der Waals surface area contributed by atoms with E-state index in [1.165, 1.54) is 5.56 Å². The first-order valence-electron chi connectivity index (χ1n) is 10.0. The monoisotopic (exact) mass is 389 g/mol. The van der Waals surface area contributed by atoms with E-state index in [0.717, 1.165) is 49.6 Å². The van der Waals surface area contributed by atoms with Crippen LogP contribution in [0.4, 0.5) is 23.0 Å². The highest BCUT2D eigenvalue weighted by Gasteiger charge is 2.23. The van der Waals surface area contributed by atoms with Crippen LogP contribution in [0, 0.1) is 5.92 Å². The molecule has 0 bridgehead atoms. The van der Waals surface area contributed by atoms with Gasteiger partial charge in [0.05, 0.1) is 7.11 Å². The number of aromatic nitrogens is 2. The standard InChI is InChI=1S/C23H27N5O/c1-29-20-9-5-8-19(15-20)27-22-21(24)23(26-16-25-22)28-12-10-18(11-13-28)14-17-6-3-2-4-7-17/h2-9,15-16,18H,10-14,24H2,1H3,(H,25,26,27). The number of hydrogen-bond donors (Lipinski definition) is 2. The van der Waals surface area contributed by atoms with Crippen molar-refractivity contribution in [2.75, 3.05) is 36.1 Å². The van der Waals surface area contributed by atoms with Crippen molar-refractivity contribution in [2.24, 2.45) is 5.92 Å². The van der Waals surface area contributed by atoms with E-state index < -0.39 is 0 Å². The maximum absolute atomic E-state index is 6.43. The molecule has 0 atom stereocenters. The molecule has 3 N–H and O–H groups in total. The lowest BCUT2D eigenvalue weighted by atomic mass is 9.90. The lowest BCUT2D eigenvalue weighted by molar-refractivity contribution is 0.402. The molecule has 1 aromatic heterocycles. The second-order valence-corrected chi connectivity index (χ2v) is 7.44. The van der Waals surface area contributed by atoms with Crippen molar-refractivity contribution < 1.29 is 4.74 Å². The molecule has 150 valence electrons. The number of nitrogens with zero attached hydrogens (tertiary/aromatic N) is 3. The molecule has 2 heterocycles. The SMILES string of the molecule is COc1cccc(Nc2ncnc(N3CCC(Cc4ccccc4)CC3)c2N)c1. The van der Waals surface area contributed by atoms with Gasteiger partial charge in [0, 0.05) is 24.8 Å². The number of piperidine rings is 1. The number of rotatable bonds is 6. The van der Waals surface area contributed by atoms with Crippen molar-refractivity contribution in [1.29, 1.82) is 0 Å². The Balaban J connectivity index is 1.42. The molecular weight excluding hydrogens is 362 g/mol. The maximum Gasteiger partial charge on any atom is 0.159 e. The molecule has 6 heteroatoms. The number of nitrogens with one attached hydrogen (secondary N) is 1. The van der Waals surface area contributed by atoms with Crippen LogP contribution < -0.4 is 20.7 Å². The summed E-state index contributed by atoms with van der Waals surface area (Å²) < 4.78 is 5.28. The van der Waals surface area contributed by atoms with E-state index in [2.05, 4.69) is 50.5 Å². The Labute approximate surface area is 171 Å². The van der Waals surface area contributed by atoms with Crippen LogP contribution >= 0.6 is 0 Å². The molecule has 6 nitrogen and oxygen atoms in total. The lowest BCUT2D eigenvalue weighted by Crippen LogP contribution is -2.35. The van der Waals surface area contributed by atoms with Gasteiger partial charge in [-0.15, -0.1) is 0 Å². The Kier molecular flexibility index (Phi) is 5.79. The molecule has 0 amide bonds. The Morgan fingerprint density at radius 1 is 1.07 bits per heavy atom. The number of ether oxygens (including phenoxy) is 1. The first-order chi connectivity index (χ1) is 14.2. The summed E-state index contributed by atoms with van der Waals surface area (Å²) in [5, 5.41) is 3.29. The summed E-state index contributed by atoms with van der Waals surface area (Å²) in [6.07, 6.45) is 4.98. The molecule has 1 saturated heterocycles. The second kappa shape index (κ2) is 8.82. The van der Waals surface area contributed by atoms with Gasteiger partial charge in [0.1, 0.15) is 17.8 Å². The zero-order chi connectivity index (χ0) is 20.1. The number of nitrogen functional groups attached to an aromatic ring is 1. The highest BCUT2D eigenvalue weighted by atomic mass is 16.5. The normalized spacial score (nSPS) is 14.6. The minimum absolute atomic E-state index is 0.580. The molecule has 0 spiro atoms. The number of hydrogen-bond acceptors (Lipinski definition) is 6. The van der Waals surface area contributed by atoms with Gasteiger partial charge in [0.15, 0.2) is 11.6 Å². The molecule has 0 unspecified atom stereocenters. The minimum Gasteiger partial charge on any atom is -0.497 e. The van der Waals surface area contributed by atoms with E-state index in [-0.39, 0.29) is 0 Å². The van der Waals surface area contributed by atoms with Crippen LogP contribution in [-0.2, 0) is 6.42 Å². The average molecular weight is 390 g/mol. The maximum atomic E-state index is 6.43. The first-order valence-corrected chi connectivity index (χ1v) is 10.0. The molecule has 0 saturated carbocycles. The topological polar surface area (TPSA) is 76.3 Å². The van der Waals surface area contributed by atoms with E-state index in [9.17, 15) is 0 Å². The quantitative estimate of drug-likeness (QED) is 0.656. The highest BCUT2D eigenvalue weighted by molar-refractivity contribution is 5.78. The van der Waals surface area contributed by atoms with Gasteiger partial charge in [0.2, 0.25) is 0 Å². The fourth-order valence-electron chi connectivity index (χ4n) is 3.87. The minimum atomic E-state index is 0.580. The molecule has 3 aromatic rings. The third-order valence-electron chi connectivity index (χ3n) is 5.48. The van der Waals surface area contributed by atoms with Crippen LogP contribution in [0.5, 0.6) is 5.75 Å². The molecular formula is C23H27N5O. The average Bonchev–Trinajstić information content (AvgIpc) is 2.77. The zero-order valence-corrected chi connectivity index (χ0v) is 16.7. The highest BCUT2D eigenvalue weighted by Crippen LogP contribution is 2.32. The van der Waals surface area contributed by atoms with Crippen molar-refractivity contribution in [3.8, 4) is 5.75 Å². The molecule has 1 aliphatic rings. The third-order valence-corrected chi connectivity index (χ3v) is 5.48. The van der Waals surface area contributed by atoms with Gasteiger partial charge < -0.3 is 20.7 Å². The van der Waals surface area contributed by atoms with Gasteiger partial charge in [-0.2, -0.15) is 0 Å². The third kappa shape index (κ3) is 4.59. The molecule has 1 aliphatic heterocycles. The fraction of sp³-hybridized carbons (Fsp3) is 0.304. The van der Waals surface area contributed by atoms with Crippen molar-refractivity contribution >= 4 is 23.0 Å². The molecule has 1 fully saturated rings. The van der Waals surface area contributed by atoms with Crippen molar-refractivity contribution in [3.05, 3.63) is 66.5 Å². The summed E-state index contributed by atoms with van der Waals surface area (Å²) in [6, 6.07) is 18.4. The summed E-state index contributed by atoms with van der Waals surface area (Å²) in [6.45, 7) is 1.91. The summed E-state index contributed by atoms with van der Waals surface area (Å²) in [4.78, 5) is 11.1. The van der Waals surface area contributed by atoms with E-state index in [4.69, 9.17) is 10.5 Å². The summed E-state index contributed by atoms with van der Waals surface area (Å²) in [5.74, 6) is 2.91. The van der Waals surface area contributed by atoms with Crippen LogP contribution in [0.25, 0.3) is 0 Å². The number of nitrogens with two attached hydrogens (primary N) is 1. The number of benzene rings is 2. The smallest absolute Gasteiger partial charge is 0.159 e. The van der Waals surface area contributed by atoms with Gasteiger partial charge in [-0.05, 0) is 42.9 Å². The Bertz CT molecular complexity index is 939. The van der Waals surface area contributed by atoms with Crippen molar-refractivity contribution in [3.63, 3.8) is 0 Å². The van der Waals surface area contributed by atoms with Gasteiger partial charge in [-0.3, -0.25) is 0 Å². The summed E-state index contributed by atoms with van der Waals surface area (Å²) in [7, 11) is 1.65. The molecule has 0 radical (unpaired) electrons.